The minimum atomic E-state index is -0.610. The van der Waals surface area contributed by atoms with E-state index in [-0.39, 0.29) is 12.4 Å². The van der Waals surface area contributed by atoms with Crippen LogP contribution in [0.4, 0.5) is 4.39 Å². The van der Waals surface area contributed by atoms with E-state index < -0.39 is 11.9 Å². The van der Waals surface area contributed by atoms with Gasteiger partial charge in [0.15, 0.2) is 11.6 Å². The van der Waals surface area contributed by atoms with Gasteiger partial charge in [0.2, 0.25) is 0 Å². The van der Waals surface area contributed by atoms with Crippen molar-refractivity contribution in [3.8, 4) is 5.75 Å². The van der Waals surface area contributed by atoms with Crippen molar-refractivity contribution >= 4 is 0 Å². The lowest BCUT2D eigenvalue weighted by Crippen LogP contribution is -2.39. The van der Waals surface area contributed by atoms with Gasteiger partial charge in [-0.25, -0.2) is 4.39 Å². The molecule has 2 rings (SSSR count). The van der Waals surface area contributed by atoms with Crippen molar-refractivity contribution in [2.45, 2.75) is 44.2 Å². The highest BCUT2D eigenvalue weighted by molar-refractivity contribution is 5.23. The van der Waals surface area contributed by atoms with Gasteiger partial charge in [-0.1, -0.05) is 31.4 Å². The highest BCUT2D eigenvalue weighted by Crippen LogP contribution is 2.17. The van der Waals surface area contributed by atoms with E-state index in [9.17, 15) is 9.50 Å². The summed E-state index contributed by atoms with van der Waals surface area (Å²) in [6.45, 7) is 0.611. The summed E-state index contributed by atoms with van der Waals surface area (Å²) in [5.74, 6) is -0.200. The van der Waals surface area contributed by atoms with Crippen molar-refractivity contribution in [2.24, 2.45) is 0 Å². The van der Waals surface area contributed by atoms with Crippen LogP contribution in [-0.2, 0) is 0 Å². The second-order valence-electron chi connectivity index (χ2n) is 5.14. The number of hydrogen-bond donors (Lipinski definition) is 2. The first-order valence-corrected chi connectivity index (χ1v) is 7.04. The number of rotatable bonds is 6. The maximum Gasteiger partial charge on any atom is 0.165 e. The summed E-state index contributed by atoms with van der Waals surface area (Å²) in [5.41, 5.74) is 0. The van der Waals surface area contributed by atoms with Crippen molar-refractivity contribution in [1.82, 2.24) is 5.32 Å². The lowest BCUT2D eigenvalue weighted by molar-refractivity contribution is 0.0996. The molecular weight excluding hydrogens is 245 g/mol. The van der Waals surface area contributed by atoms with E-state index >= 15 is 0 Å². The van der Waals surface area contributed by atoms with Gasteiger partial charge < -0.3 is 15.2 Å². The number of ether oxygens (including phenoxy) is 1. The average Bonchev–Trinajstić information content (AvgIpc) is 2.45. The molecule has 0 amide bonds. The normalized spacial score (nSPS) is 18.2. The SMILES string of the molecule is O[C@H](CNC1CCCCC1)COc1ccccc1F. The first-order chi connectivity index (χ1) is 9.25. The van der Waals surface area contributed by atoms with Crippen molar-refractivity contribution in [2.75, 3.05) is 13.2 Å². The first-order valence-electron chi connectivity index (χ1n) is 7.04. The Hall–Kier alpha value is -1.13. The second-order valence-corrected chi connectivity index (χ2v) is 5.14. The Morgan fingerprint density at radius 1 is 1.26 bits per heavy atom. The third-order valence-electron chi connectivity index (χ3n) is 3.52. The van der Waals surface area contributed by atoms with Gasteiger partial charge in [-0.2, -0.15) is 0 Å². The van der Waals surface area contributed by atoms with Crippen molar-refractivity contribution < 1.29 is 14.2 Å². The Morgan fingerprint density at radius 3 is 2.74 bits per heavy atom. The zero-order chi connectivity index (χ0) is 13.5. The number of aliphatic hydroxyl groups excluding tert-OH is 1. The largest absolute Gasteiger partial charge is 0.488 e. The van der Waals surface area contributed by atoms with E-state index in [0.717, 1.165) is 0 Å². The van der Waals surface area contributed by atoms with Crippen LogP contribution in [0.5, 0.6) is 5.75 Å². The molecule has 1 aromatic rings. The summed E-state index contributed by atoms with van der Waals surface area (Å²) in [4.78, 5) is 0. The molecule has 0 spiro atoms. The fourth-order valence-corrected chi connectivity index (χ4v) is 2.42. The Kier molecular flexibility index (Phi) is 5.61. The van der Waals surface area contributed by atoms with E-state index in [1.807, 2.05) is 0 Å². The highest BCUT2D eigenvalue weighted by Gasteiger charge is 2.14. The van der Waals surface area contributed by atoms with Crippen LogP contribution in [0.3, 0.4) is 0 Å². The fraction of sp³-hybridized carbons (Fsp3) is 0.600. The van der Waals surface area contributed by atoms with Crippen LogP contribution in [0.25, 0.3) is 0 Å². The Morgan fingerprint density at radius 2 is 2.00 bits per heavy atom. The summed E-state index contributed by atoms with van der Waals surface area (Å²) >= 11 is 0. The van der Waals surface area contributed by atoms with Crippen LogP contribution in [0.15, 0.2) is 24.3 Å². The summed E-state index contributed by atoms with van der Waals surface area (Å²) in [6.07, 6.45) is 5.60. The molecule has 1 aromatic carbocycles. The Balaban J connectivity index is 1.66. The molecule has 1 atom stereocenters. The lowest BCUT2D eigenvalue weighted by Gasteiger charge is -2.24. The molecular formula is C15H22FNO2. The predicted octanol–water partition coefficient (Wildman–Crippen LogP) is 2.49. The molecule has 1 saturated carbocycles. The number of nitrogens with one attached hydrogen (secondary N) is 1. The minimum absolute atomic E-state index is 0.112. The third-order valence-corrected chi connectivity index (χ3v) is 3.52. The average molecular weight is 267 g/mol. The van der Waals surface area contributed by atoms with Gasteiger partial charge >= 0.3 is 0 Å². The summed E-state index contributed by atoms with van der Waals surface area (Å²) < 4.78 is 18.6. The van der Waals surface area contributed by atoms with Crippen LogP contribution in [-0.4, -0.2) is 30.4 Å². The van der Waals surface area contributed by atoms with Crippen LogP contribution in [0.1, 0.15) is 32.1 Å². The number of para-hydroxylation sites is 1. The Labute approximate surface area is 113 Å². The molecule has 0 bridgehead atoms. The molecule has 0 heterocycles. The number of hydrogen-bond acceptors (Lipinski definition) is 3. The maximum atomic E-state index is 13.3. The van der Waals surface area contributed by atoms with Gasteiger partial charge in [0.05, 0.1) is 0 Å². The molecule has 0 saturated heterocycles. The molecule has 0 unspecified atom stereocenters. The molecule has 2 N–H and O–H groups in total. The molecule has 1 fully saturated rings. The first kappa shape index (κ1) is 14.3. The number of aliphatic hydroxyl groups is 1. The number of benzene rings is 1. The molecule has 106 valence electrons. The summed E-state index contributed by atoms with van der Waals surface area (Å²) in [7, 11) is 0. The zero-order valence-corrected chi connectivity index (χ0v) is 11.1. The third kappa shape index (κ3) is 4.80. The summed E-state index contributed by atoms with van der Waals surface area (Å²) in [6, 6.07) is 6.75. The van der Waals surface area contributed by atoms with E-state index in [4.69, 9.17) is 4.74 Å². The second kappa shape index (κ2) is 7.46. The molecule has 0 aromatic heterocycles. The minimum Gasteiger partial charge on any atom is -0.488 e. The van der Waals surface area contributed by atoms with Gasteiger partial charge in [-0.05, 0) is 25.0 Å². The lowest BCUT2D eigenvalue weighted by atomic mass is 9.95. The van der Waals surface area contributed by atoms with E-state index in [0.29, 0.717) is 12.6 Å². The monoisotopic (exact) mass is 267 g/mol. The van der Waals surface area contributed by atoms with Crippen LogP contribution in [0.2, 0.25) is 0 Å². The zero-order valence-electron chi connectivity index (χ0n) is 11.1. The highest BCUT2D eigenvalue weighted by atomic mass is 19.1. The van der Waals surface area contributed by atoms with E-state index in [1.165, 1.54) is 38.2 Å². The molecule has 4 heteroatoms. The van der Waals surface area contributed by atoms with Crippen LogP contribution >= 0.6 is 0 Å². The maximum absolute atomic E-state index is 13.3. The van der Waals surface area contributed by atoms with Crippen molar-refractivity contribution in [1.29, 1.82) is 0 Å². The van der Waals surface area contributed by atoms with Gasteiger partial charge in [-0.15, -0.1) is 0 Å². The molecule has 19 heavy (non-hydrogen) atoms. The van der Waals surface area contributed by atoms with Crippen LogP contribution in [0, 0.1) is 5.82 Å². The quantitative estimate of drug-likeness (QED) is 0.832. The van der Waals surface area contributed by atoms with Gasteiger partial charge in [0.1, 0.15) is 12.7 Å². The molecule has 1 aliphatic carbocycles. The molecule has 0 radical (unpaired) electrons. The molecule has 1 aliphatic rings. The molecule has 3 nitrogen and oxygen atoms in total. The van der Waals surface area contributed by atoms with Crippen molar-refractivity contribution in [3.05, 3.63) is 30.1 Å². The smallest absolute Gasteiger partial charge is 0.165 e. The van der Waals surface area contributed by atoms with Crippen LogP contribution < -0.4 is 10.1 Å². The van der Waals surface area contributed by atoms with Gasteiger partial charge in [-0.3, -0.25) is 0 Å². The standard InChI is InChI=1S/C15H22FNO2/c16-14-8-4-5-9-15(14)19-11-13(18)10-17-12-6-2-1-3-7-12/h4-5,8-9,12-13,17-18H,1-3,6-7,10-11H2/t13-/m1/s1. The summed E-state index contributed by atoms with van der Waals surface area (Å²) in [5, 5.41) is 13.2. The predicted molar refractivity (Wildman–Crippen MR) is 72.8 cm³/mol. The Bertz CT molecular complexity index is 380. The van der Waals surface area contributed by atoms with E-state index in [1.54, 1.807) is 18.2 Å². The van der Waals surface area contributed by atoms with E-state index in [2.05, 4.69) is 5.32 Å². The number of halogens is 1. The van der Waals surface area contributed by atoms with Gasteiger partial charge in [0.25, 0.3) is 0 Å². The fourth-order valence-electron chi connectivity index (χ4n) is 2.42. The topological polar surface area (TPSA) is 41.5 Å². The molecule has 0 aliphatic heterocycles. The van der Waals surface area contributed by atoms with Gasteiger partial charge in [0, 0.05) is 12.6 Å². The van der Waals surface area contributed by atoms with Crippen molar-refractivity contribution in [3.63, 3.8) is 0 Å².